The zero-order chi connectivity index (χ0) is 23.4. The molecule has 1 aliphatic heterocycles. The van der Waals surface area contributed by atoms with Crippen LogP contribution in [0.4, 0.5) is 4.79 Å². The molecule has 2 N–H and O–H groups in total. The monoisotopic (exact) mass is 445 g/mol. The third-order valence-corrected chi connectivity index (χ3v) is 7.02. The van der Waals surface area contributed by atoms with Crippen molar-refractivity contribution >= 4 is 12.1 Å². The second kappa shape index (κ2) is 7.90. The van der Waals surface area contributed by atoms with Crippen LogP contribution in [0.5, 0.6) is 5.88 Å². The third kappa shape index (κ3) is 3.72. The van der Waals surface area contributed by atoms with Gasteiger partial charge in [-0.25, -0.2) is 14.6 Å². The van der Waals surface area contributed by atoms with Crippen LogP contribution in [0.25, 0.3) is 0 Å². The highest BCUT2D eigenvalue weighted by molar-refractivity contribution is 5.84. The number of ether oxygens (including phenoxy) is 3. The lowest BCUT2D eigenvalue weighted by atomic mass is 9.39. The van der Waals surface area contributed by atoms with Gasteiger partial charge in [-0.2, -0.15) is 0 Å². The molecule has 1 amide bonds. The lowest BCUT2D eigenvalue weighted by Gasteiger charge is -2.66. The summed E-state index contributed by atoms with van der Waals surface area (Å²) in [7, 11) is 1.53. The van der Waals surface area contributed by atoms with E-state index in [0.29, 0.717) is 17.4 Å². The molecule has 1 aromatic heterocycles. The summed E-state index contributed by atoms with van der Waals surface area (Å²) >= 11 is 0. The van der Waals surface area contributed by atoms with Gasteiger partial charge < -0.3 is 19.9 Å². The van der Waals surface area contributed by atoms with Crippen LogP contribution in [0.1, 0.15) is 65.5 Å². The van der Waals surface area contributed by atoms with Crippen LogP contribution in [-0.4, -0.2) is 52.8 Å². The Morgan fingerprint density at radius 3 is 2.41 bits per heavy atom. The van der Waals surface area contributed by atoms with E-state index in [1.54, 1.807) is 26.1 Å². The van der Waals surface area contributed by atoms with Gasteiger partial charge in [0.15, 0.2) is 0 Å². The first-order valence-corrected chi connectivity index (χ1v) is 11.4. The summed E-state index contributed by atoms with van der Waals surface area (Å²) in [5, 5.41) is 0. The van der Waals surface area contributed by atoms with Gasteiger partial charge in [0.05, 0.1) is 19.3 Å². The molecule has 176 valence electrons. The Morgan fingerprint density at radius 1 is 1.25 bits per heavy atom. The summed E-state index contributed by atoms with van der Waals surface area (Å²) in [6, 6.07) is 1.72. The number of pyridine rings is 1. The Labute approximate surface area is 189 Å². The minimum atomic E-state index is -0.827. The van der Waals surface area contributed by atoms with Crippen LogP contribution in [0.3, 0.4) is 0 Å². The molecule has 4 aliphatic rings. The largest absolute Gasteiger partial charge is 0.481 e. The second-order valence-electron chi connectivity index (χ2n) is 10.8. The molecule has 0 radical (unpaired) electrons. The van der Waals surface area contributed by atoms with Crippen LogP contribution < -0.4 is 10.5 Å². The van der Waals surface area contributed by atoms with Crippen LogP contribution in [0.2, 0.25) is 0 Å². The Bertz CT molecular complexity index is 879. The topological polar surface area (TPSA) is 104 Å². The fraction of sp³-hybridized carbons (Fsp3) is 0.708. The molecule has 8 heteroatoms. The zero-order valence-corrected chi connectivity index (χ0v) is 19.8. The predicted octanol–water partition coefficient (Wildman–Crippen LogP) is 3.45. The third-order valence-electron chi connectivity index (χ3n) is 7.02. The van der Waals surface area contributed by atoms with Gasteiger partial charge in [0, 0.05) is 23.7 Å². The van der Waals surface area contributed by atoms with Crippen molar-refractivity contribution in [1.29, 1.82) is 0 Å². The Morgan fingerprint density at radius 2 is 1.91 bits per heavy atom. The first kappa shape index (κ1) is 22.8. The SMILES string of the molecule is COc1ncccc1[C@H]1[C@@H](N)[C@H](C23CC(C2)C3)[C@@H](C(=O)OC(C)(C)C)N1C(=O)OC(C)C. The maximum Gasteiger partial charge on any atom is 0.411 e. The summed E-state index contributed by atoms with van der Waals surface area (Å²) in [4.78, 5) is 32.8. The first-order chi connectivity index (χ1) is 15.0. The number of nitrogens with two attached hydrogens (primary N) is 1. The lowest BCUT2D eigenvalue weighted by molar-refractivity contribution is -0.183. The van der Waals surface area contributed by atoms with E-state index < -0.39 is 35.8 Å². The minimum absolute atomic E-state index is 0.0355. The first-order valence-electron chi connectivity index (χ1n) is 11.4. The zero-order valence-electron chi connectivity index (χ0n) is 19.8. The molecule has 4 fully saturated rings. The minimum Gasteiger partial charge on any atom is -0.481 e. The van der Waals surface area contributed by atoms with E-state index in [2.05, 4.69) is 4.98 Å². The highest BCUT2D eigenvalue weighted by Gasteiger charge is 2.69. The van der Waals surface area contributed by atoms with Crippen molar-refractivity contribution in [1.82, 2.24) is 9.88 Å². The smallest absolute Gasteiger partial charge is 0.411 e. The van der Waals surface area contributed by atoms with E-state index in [-0.39, 0.29) is 17.4 Å². The molecule has 1 saturated heterocycles. The molecule has 32 heavy (non-hydrogen) atoms. The predicted molar refractivity (Wildman–Crippen MR) is 118 cm³/mol. The molecule has 3 aliphatic carbocycles. The fourth-order valence-corrected chi connectivity index (χ4v) is 5.90. The number of hydrogen-bond donors (Lipinski definition) is 1. The molecule has 0 unspecified atom stereocenters. The van der Waals surface area contributed by atoms with E-state index in [9.17, 15) is 9.59 Å². The number of hydrogen-bond acceptors (Lipinski definition) is 7. The van der Waals surface area contributed by atoms with E-state index >= 15 is 0 Å². The van der Waals surface area contributed by atoms with Gasteiger partial charge in [0.25, 0.3) is 0 Å². The molecule has 4 atom stereocenters. The molecular formula is C24H35N3O5. The normalized spacial score (nSPS) is 33.4. The van der Waals surface area contributed by atoms with E-state index in [1.165, 1.54) is 12.0 Å². The Hall–Kier alpha value is -2.35. The summed E-state index contributed by atoms with van der Waals surface area (Å²) in [5.74, 6) is 0.423. The van der Waals surface area contributed by atoms with Gasteiger partial charge in [-0.1, -0.05) is 0 Å². The van der Waals surface area contributed by atoms with Crippen molar-refractivity contribution in [3.8, 4) is 5.88 Å². The number of nitrogens with zero attached hydrogens (tertiary/aromatic N) is 2. The average molecular weight is 446 g/mol. The van der Waals surface area contributed by atoms with Crippen LogP contribution in [0.15, 0.2) is 18.3 Å². The molecule has 0 aromatic carbocycles. The lowest BCUT2D eigenvalue weighted by Crippen LogP contribution is -2.63. The van der Waals surface area contributed by atoms with Gasteiger partial charge in [0.2, 0.25) is 5.88 Å². The number of aromatic nitrogens is 1. The standard InChI is InChI=1S/C24H35N3O5/c1-13(2)31-22(29)27-18(15-8-7-9-26-20(15)30-6)17(25)16(24-10-14(11-24)12-24)19(27)21(28)32-23(3,4)5/h7-9,13-14,16-19H,10-12,25H2,1-6H3/t14?,16-,17-,18-,19-,24?/m0/s1. The maximum absolute atomic E-state index is 13.6. The van der Waals surface area contributed by atoms with Crippen molar-refractivity contribution < 1.29 is 23.8 Å². The molecule has 0 spiro atoms. The van der Waals surface area contributed by atoms with Crippen molar-refractivity contribution in [2.45, 2.75) is 83.7 Å². The van der Waals surface area contributed by atoms with Crippen LogP contribution in [0, 0.1) is 17.3 Å². The molecule has 2 bridgehead atoms. The van der Waals surface area contributed by atoms with Crippen molar-refractivity contribution in [2.75, 3.05) is 7.11 Å². The second-order valence-corrected chi connectivity index (χ2v) is 10.8. The Balaban J connectivity index is 1.82. The number of methoxy groups -OCH3 is 1. The highest BCUT2D eigenvalue weighted by atomic mass is 16.6. The molecule has 3 saturated carbocycles. The van der Waals surface area contributed by atoms with Crippen molar-refractivity contribution in [3.05, 3.63) is 23.9 Å². The van der Waals surface area contributed by atoms with Gasteiger partial charge >= 0.3 is 12.1 Å². The van der Waals surface area contributed by atoms with Crippen molar-refractivity contribution in [3.63, 3.8) is 0 Å². The summed E-state index contributed by atoms with van der Waals surface area (Å²) in [5.41, 5.74) is 6.85. The van der Waals surface area contributed by atoms with Gasteiger partial charge in [0.1, 0.15) is 11.6 Å². The molecule has 5 rings (SSSR count). The van der Waals surface area contributed by atoms with Gasteiger partial charge in [-0.3, -0.25) is 4.90 Å². The van der Waals surface area contributed by atoms with E-state index in [4.69, 9.17) is 19.9 Å². The van der Waals surface area contributed by atoms with Gasteiger partial charge in [-0.15, -0.1) is 0 Å². The number of rotatable bonds is 5. The summed E-state index contributed by atoms with van der Waals surface area (Å²) in [6.07, 6.45) is 3.82. The van der Waals surface area contributed by atoms with Crippen LogP contribution in [-0.2, 0) is 14.3 Å². The van der Waals surface area contributed by atoms with Crippen LogP contribution >= 0.6 is 0 Å². The molecule has 1 aromatic rings. The maximum atomic E-state index is 13.6. The quantitative estimate of drug-likeness (QED) is 0.692. The van der Waals surface area contributed by atoms with Gasteiger partial charge in [-0.05, 0) is 77.3 Å². The Kier molecular flexibility index (Phi) is 5.64. The number of carbonyl (C=O) groups excluding carboxylic acids is 2. The van der Waals surface area contributed by atoms with E-state index in [0.717, 1.165) is 19.3 Å². The number of amides is 1. The number of esters is 1. The average Bonchev–Trinajstić information content (AvgIpc) is 2.91. The number of likely N-dealkylation sites (tertiary alicyclic amines) is 1. The summed E-state index contributed by atoms with van der Waals surface area (Å²) < 4.78 is 16.9. The number of carbonyl (C=O) groups is 2. The van der Waals surface area contributed by atoms with Crippen molar-refractivity contribution in [2.24, 2.45) is 23.0 Å². The fourth-order valence-electron chi connectivity index (χ4n) is 5.90. The molecule has 2 heterocycles. The van der Waals surface area contributed by atoms with E-state index in [1.807, 2.05) is 26.8 Å². The molecule has 8 nitrogen and oxygen atoms in total. The summed E-state index contributed by atoms with van der Waals surface area (Å²) in [6.45, 7) is 9.06. The highest BCUT2D eigenvalue weighted by Crippen LogP contribution is 2.71. The molecular weight excluding hydrogens is 410 g/mol.